The number of aliphatic imine (C=N–C) groups is 1. The molecule has 0 atom stereocenters. The Kier molecular flexibility index (Phi) is 5.85. The van der Waals surface area contributed by atoms with E-state index >= 15 is 0 Å². The molecule has 0 aliphatic carbocycles. The maximum Gasteiger partial charge on any atom is 0.190 e. The fraction of sp³-hybridized carbons (Fsp3) is 0.130. The second-order valence-corrected chi connectivity index (χ2v) is 6.55. The molecule has 0 unspecified atom stereocenters. The van der Waals surface area contributed by atoms with Crippen molar-refractivity contribution in [1.82, 2.24) is 0 Å². The summed E-state index contributed by atoms with van der Waals surface area (Å²) in [5.74, 6) is 7.22. The Morgan fingerprint density at radius 3 is 2.33 bits per heavy atom. The summed E-state index contributed by atoms with van der Waals surface area (Å²) in [5, 5.41) is 10.1. The summed E-state index contributed by atoms with van der Waals surface area (Å²) in [6.45, 7) is 4.07. The summed E-state index contributed by atoms with van der Waals surface area (Å²) in [7, 11) is 0. The van der Waals surface area contributed by atoms with Gasteiger partial charge in [0.25, 0.3) is 0 Å². The van der Waals surface area contributed by atoms with Crippen LogP contribution in [0.5, 0.6) is 5.75 Å². The average molecular weight is 373 g/mol. The molecule has 0 aliphatic heterocycles. The van der Waals surface area contributed by atoms with Crippen LogP contribution in [-0.2, 0) is 6.54 Å². The first kappa shape index (κ1) is 18.6. The highest BCUT2D eigenvalue weighted by molar-refractivity contribution is 7.71. The summed E-state index contributed by atoms with van der Waals surface area (Å²) in [4.78, 5) is 4.51. The number of nitrogens with zero attached hydrogens (tertiary/aromatic N) is 1. The van der Waals surface area contributed by atoms with Crippen LogP contribution in [0.3, 0.4) is 0 Å². The Morgan fingerprint density at radius 2 is 1.67 bits per heavy atom. The highest BCUT2D eigenvalue weighted by atomic mass is 32.1. The Labute approximate surface area is 164 Å². The SMILES string of the molecule is CC(=NCc1ccc(C#Cc2ccccc2)cc1)c1oc(C)cc(=S)c1O. The lowest BCUT2D eigenvalue weighted by Gasteiger charge is -2.05. The number of aryl methyl sites for hydroxylation is 1. The van der Waals surface area contributed by atoms with Gasteiger partial charge in [0.1, 0.15) is 5.76 Å². The fourth-order valence-corrected chi connectivity index (χ4v) is 2.75. The normalized spacial score (nSPS) is 11.0. The molecule has 134 valence electrons. The average Bonchev–Trinajstić information content (AvgIpc) is 2.69. The maximum atomic E-state index is 10.1. The Balaban J connectivity index is 1.73. The zero-order valence-electron chi connectivity index (χ0n) is 15.2. The monoisotopic (exact) mass is 373 g/mol. The van der Waals surface area contributed by atoms with Crippen molar-refractivity contribution in [2.75, 3.05) is 0 Å². The third kappa shape index (κ3) is 4.93. The van der Waals surface area contributed by atoms with Crippen molar-refractivity contribution >= 4 is 17.9 Å². The van der Waals surface area contributed by atoms with E-state index in [0.717, 1.165) is 16.7 Å². The number of hydrogen-bond acceptors (Lipinski definition) is 4. The molecule has 27 heavy (non-hydrogen) atoms. The molecule has 1 aromatic heterocycles. The zero-order chi connectivity index (χ0) is 19.2. The molecule has 0 saturated carbocycles. The minimum absolute atomic E-state index is 0.0385. The molecule has 1 heterocycles. The lowest BCUT2D eigenvalue weighted by atomic mass is 10.1. The van der Waals surface area contributed by atoms with E-state index in [1.807, 2.05) is 54.6 Å². The smallest absolute Gasteiger partial charge is 0.190 e. The van der Waals surface area contributed by atoms with Gasteiger partial charge in [-0.3, -0.25) is 4.99 Å². The quantitative estimate of drug-likeness (QED) is 0.378. The van der Waals surface area contributed by atoms with Crippen molar-refractivity contribution in [2.24, 2.45) is 4.99 Å². The molecule has 0 amide bonds. The molecule has 0 radical (unpaired) electrons. The highest BCUT2D eigenvalue weighted by Crippen LogP contribution is 2.22. The third-order valence-electron chi connectivity index (χ3n) is 3.95. The molecule has 3 rings (SSSR count). The zero-order valence-corrected chi connectivity index (χ0v) is 16.0. The van der Waals surface area contributed by atoms with Crippen molar-refractivity contribution in [3.63, 3.8) is 0 Å². The van der Waals surface area contributed by atoms with Crippen LogP contribution in [0.25, 0.3) is 0 Å². The topological polar surface area (TPSA) is 45.7 Å². The number of hydrogen-bond donors (Lipinski definition) is 1. The first-order valence-electron chi connectivity index (χ1n) is 8.54. The minimum atomic E-state index is -0.0385. The molecule has 2 aromatic carbocycles. The Morgan fingerprint density at radius 1 is 1.04 bits per heavy atom. The van der Waals surface area contributed by atoms with E-state index in [1.54, 1.807) is 19.9 Å². The van der Waals surface area contributed by atoms with Gasteiger partial charge in [-0.1, -0.05) is 54.4 Å². The van der Waals surface area contributed by atoms with Crippen molar-refractivity contribution in [3.05, 3.63) is 93.4 Å². The largest absolute Gasteiger partial charge is 0.503 e. The van der Waals surface area contributed by atoms with E-state index in [1.165, 1.54) is 0 Å². The van der Waals surface area contributed by atoms with E-state index < -0.39 is 0 Å². The predicted molar refractivity (Wildman–Crippen MR) is 111 cm³/mol. The van der Waals surface area contributed by atoms with Crippen LogP contribution in [-0.4, -0.2) is 10.8 Å². The van der Waals surface area contributed by atoms with Crippen LogP contribution >= 0.6 is 12.2 Å². The van der Waals surface area contributed by atoms with Crippen LogP contribution in [0.2, 0.25) is 0 Å². The summed E-state index contributed by atoms with van der Waals surface area (Å²) in [6.07, 6.45) is 0. The minimum Gasteiger partial charge on any atom is -0.503 e. The number of aromatic hydroxyl groups is 1. The predicted octanol–water partition coefficient (Wildman–Crippen LogP) is 5.43. The van der Waals surface area contributed by atoms with Crippen molar-refractivity contribution < 1.29 is 9.52 Å². The molecule has 0 aliphatic rings. The number of rotatable bonds is 3. The summed E-state index contributed by atoms with van der Waals surface area (Å²) in [5.41, 5.74) is 3.59. The van der Waals surface area contributed by atoms with Crippen molar-refractivity contribution in [3.8, 4) is 17.6 Å². The van der Waals surface area contributed by atoms with Crippen LogP contribution < -0.4 is 0 Å². The van der Waals surface area contributed by atoms with Gasteiger partial charge in [-0.15, -0.1) is 0 Å². The Bertz CT molecular complexity index is 1090. The van der Waals surface area contributed by atoms with Crippen LogP contribution in [0, 0.1) is 23.3 Å². The van der Waals surface area contributed by atoms with Gasteiger partial charge in [0.05, 0.1) is 16.8 Å². The molecule has 3 aromatic rings. The third-order valence-corrected chi connectivity index (χ3v) is 4.26. The van der Waals surface area contributed by atoms with E-state index in [4.69, 9.17) is 16.6 Å². The second-order valence-electron chi connectivity index (χ2n) is 6.11. The molecule has 3 nitrogen and oxygen atoms in total. The second kappa shape index (κ2) is 8.48. The van der Waals surface area contributed by atoms with E-state index in [9.17, 15) is 5.11 Å². The van der Waals surface area contributed by atoms with Crippen molar-refractivity contribution in [1.29, 1.82) is 0 Å². The maximum absolute atomic E-state index is 10.1. The van der Waals surface area contributed by atoms with Crippen LogP contribution in [0.1, 0.15) is 35.1 Å². The molecule has 1 N–H and O–H groups in total. The van der Waals surface area contributed by atoms with Gasteiger partial charge in [-0.25, -0.2) is 0 Å². The molecule has 0 bridgehead atoms. The lowest BCUT2D eigenvalue weighted by molar-refractivity contribution is 0.417. The van der Waals surface area contributed by atoms with E-state index in [-0.39, 0.29) is 5.75 Å². The summed E-state index contributed by atoms with van der Waals surface area (Å²) in [6, 6.07) is 19.5. The molecular weight excluding hydrogens is 354 g/mol. The van der Waals surface area contributed by atoms with Gasteiger partial charge in [0.2, 0.25) is 0 Å². The molecule has 0 spiro atoms. The highest BCUT2D eigenvalue weighted by Gasteiger charge is 2.10. The first-order valence-corrected chi connectivity index (χ1v) is 8.95. The van der Waals surface area contributed by atoms with Gasteiger partial charge < -0.3 is 9.52 Å². The molecule has 0 saturated heterocycles. The molecule has 0 fully saturated rings. The van der Waals surface area contributed by atoms with Gasteiger partial charge in [0, 0.05) is 11.1 Å². The summed E-state index contributed by atoms with van der Waals surface area (Å²) >= 11 is 5.12. The van der Waals surface area contributed by atoms with Gasteiger partial charge in [-0.05, 0) is 49.7 Å². The van der Waals surface area contributed by atoms with Gasteiger partial charge >= 0.3 is 0 Å². The van der Waals surface area contributed by atoms with E-state index in [0.29, 0.717) is 28.3 Å². The fourth-order valence-electron chi connectivity index (χ4n) is 2.49. The summed E-state index contributed by atoms with van der Waals surface area (Å²) < 4.78 is 5.93. The van der Waals surface area contributed by atoms with Crippen LogP contribution in [0.4, 0.5) is 0 Å². The number of benzene rings is 2. The van der Waals surface area contributed by atoms with E-state index in [2.05, 4.69) is 16.8 Å². The Hall–Kier alpha value is -3.16. The van der Waals surface area contributed by atoms with Crippen LogP contribution in [0.15, 0.2) is 70.1 Å². The molecular formula is C23H19NO2S. The van der Waals surface area contributed by atoms with Gasteiger partial charge in [-0.2, -0.15) is 0 Å². The van der Waals surface area contributed by atoms with Gasteiger partial charge in [0.15, 0.2) is 11.5 Å². The van der Waals surface area contributed by atoms with Crippen molar-refractivity contribution in [2.45, 2.75) is 20.4 Å². The lowest BCUT2D eigenvalue weighted by Crippen LogP contribution is -1.98. The first-order chi connectivity index (χ1) is 13.0. The molecule has 4 heteroatoms. The standard InChI is InChI=1S/C23H19NO2S/c1-16-14-21(27)22(25)23(26-16)17(2)24-15-20-12-10-19(11-13-20)9-8-18-6-4-3-5-7-18/h3-7,10-14,25H,15H2,1-2H3.